The van der Waals surface area contributed by atoms with Gasteiger partial charge in [-0.05, 0) is 36.5 Å². The molecule has 0 aromatic heterocycles. The van der Waals surface area contributed by atoms with Crippen molar-refractivity contribution < 1.29 is 10.2 Å². The van der Waals surface area contributed by atoms with Crippen molar-refractivity contribution in [2.24, 2.45) is 0 Å². The molecule has 1 rings (SSSR count). The molecule has 0 fully saturated rings. The number of benzene rings is 1. The van der Waals surface area contributed by atoms with Gasteiger partial charge in [0.1, 0.15) is 11.5 Å². The quantitative estimate of drug-likeness (QED) is 0.771. The summed E-state index contributed by atoms with van der Waals surface area (Å²) in [6.45, 7) is 4.27. The lowest BCUT2D eigenvalue weighted by Gasteiger charge is -2.14. The Kier molecular flexibility index (Phi) is 3.81. The molecule has 1 aromatic carbocycles. The minimum absolute atomic E-state index is 0.148. The molecule has 1 unspecified atom stereocenters. The monoisotopic (exact) mass is 194 g/mol. The average Bonchev–Trinajstić information content (AvgIpc) is 2.12. The Labute approximate surface area is 85.2 Å². The number of phenolic OH excluding ortho intramolecular Hbond substituents is 2. The van der Waals surface area contributed by atoms with Gasteiger partial charge in [-0.3, -0.25) is 0 Å². The van der Waals surface area contributed by atoms with Crippen molar-refractivity contribution in [3.63, 3.8) is 0 Å². The lowest BCUT2D eigenvalue weighted by Crippen LogP contribution is -1.96. The van der Waals surface area contributed by atoms with E-state index >= 15 is 0 Å². The topological polar surface area (TPSA) is 40.5 Å². The highest BCUT2D eigenvalue weighted by Crippen LogP contribution is 2.30. The molecule has 0 saturated carbocycles. The third-order valence-corrected chi connectivity index (χ3v) is 2.53. The third-order valence-electron chi connectivity index (χ3n) is 2.53. The molecule has 0 bridgehead atoms. The van der Waals surface area contributed by atoms with E-state index in [2.05, 4.69) is 13.8 Å². The van der Waals surface area contributed by atoms with E-state index in [0.717, 1.165) is 24.8 Å². The van der Waals surface area contributed by atoms with Gasteiger partial charge in [-0.15, -0.1) is 0 Å². The summed E-state index contributed by atoms with van der Waals surface area (Å²) in [5.41, 5.74) is 1.03. The molecule has 0 aliphatic rings. The van der Waals surface area contributed by atoms with Crippen molar-refractivity contribution in [1.82, 2.24) is 0 Å². The van der Waals surface area contributed by atoms with E-state index in [-0.39, 0.29) is 11.5 Å². The van der Waals surface area contributed by atoms with Gasteiger partial charge in [0.15, 0.2) is 0 Å². The molecule has 2 heteroatoms. The molecule has 1 atom stereocenters. The van der Waals surface area contributed by atoms with Gasteiger partial charge in [-0.1, -0.05) is 20.3 Å². The second-order valence-electron chi connectivity index (χ2n) is 3.68. The van der Waals surface area contributed by atoms with Gasteiger partial charge >= 0.3 is 0 Å². The van der Waals surface area contributed by atoms with Crippen molar-refractivity contribution in [3.8, 4) is 11.5 Å². The van der Waals surface area contributed by atoms with Crippen LogP contribution in [0.5, 0.6) is 11.5 Å². The second-order valence-corrected chi connectivity index (χ2v) is 3.68. The standard InChI is InChI=1S/C12H18O2/c1-3-5-9(4-2)10-6-11(13)8-12(14)7-10/h6-9,13-14H,3-5H2,1-2H3. The second kappa shape index (κ2) is 4.89. The summed E-state index contributed by atoms with van der Waals surface area (Å²) in [7, 11) is 0. The van der Waals surface area contributed by atoms with Crippen LogP contribution >= 0.6 is 0 Å². The predicted molar refractivity (Wildman–Crippen MR) is 57.7 cm³/mol. The Balaban J connectivity index is 2.91. The molecule has 2 nitrogen and oxygen atoms in total. The SMILES string of the molecule is CCCC(CC)c1cc(O)cc(O)c1. The first kappa shape index (κ1) is 10.9. The largest absolute Gasteiger partial charge is 0.508 e. The smallest absolute Gasteiger partial charge is 0.119 e. The van der Waals surface area contributed by atoms with Crippen LogP contribution in [0, 0.1) is 0 Å². The third kappa shape index (κ3) is 2.66. The summed E-state index contributed by atoms with van der Waals surface area (Å²) in [5.74, 6) is 0.738. The van der Waals surface area contributed by atoms with E-state index in [1.807, 2.05) is 0 Å². The van der Waals surface area contributed by atoms with Gasteiger partial charge in [0.2, 0.25) is 0 Å². The van der Waals surface area contributed by atoms with Gasteiger partial charge < -0.3 is 10.2 Å². The van der Waals surface area contributed by atoms with Crippen LogP contribution in [-0.4, -0.2) is 10.2 Å². The van der Waals surface area contributed by atoms with Crippen molar-refractivity contribution in [1.29, 1.82) is 0 Å². The molecule has 14 heavy (non-hydrogen) atoms. The Hall–Kier alpha value is -1.18. The van der Waals surface area contributed by atoms with Crippen LogP contribution in [0.1, 0.15) is 44.6 Å². The molecule has 78 valence electrons. The fourth-order valence-corrected chi connectivity index (χ4v) is 1.81. The number of phenols is 2. The van der Waals surface area contributed by atoms with Crippen LogP contribution in [0.2, 0.25) is 0 Å². The summed E-state index contributed by atoms with van der Waals surface area (Å²) >= 11 is 0. The maximum Gasteiger partial charge on any atom is 0.119 e. The highest BCUT2D eigenvalue weighted by Gasteiger charge is 2.10. The zero-order valence-corrected chi connectivity index (χ0v) is 8.83. The van der Waals surface area contributed by atoms with Crippen molar-refractivity contribution >= 4 is 0 Å². The summed E-state index contributed by atoms with van der Waals surface area (Å²) in [6.07, 6.45) is 3.26. The summed E-state index contributed by atoms with van der Waals surface area (Å²) in [6, 6.07) is 4.84. The predicted octanol–water partition coefficient (Wildman–Crippen LogP) is 3.39. The van der Waals surface area contributed by atoms with Crippen molar-refractivity contribution in [3.05, 3.63) is 23.8 Å². The maximum absolute atomic E-state index is 9.35. The highest BCUT2D eigenvalue weighted by atomic mass is 16.3. The van der Waals surface area contributed by atoms with E-state index in [1.165, 1.54) is 6.07 Å². The lowest BCUT2D eigenvalue weighted by atomic mass is 9.92. The van der Waals surface area contributed by atoms with Gasteiger partial charge in [0, 0.05) is 6.07 Å². The summed E-state index contributed by atoms with van der Waals surface area (Å²) in [4.78, 5) is 0. The molecule has 0 heterocycles. The van der Waals surface area contributed by atoms with E-state index in [0.29, 0.717) is 5.92 Å². The molecule has 0 radical (unpaired) electrons. The minimum Gasteiger partial charge on any atom is -0.508 e. The van der Waals surface area contributed by atoms with Crippen molar-refractivity contribution in [2.75, 3.05) is 0 Å². The van der Waals surface area contributed by atoms with Crippen LogP contribution in [0.15, 0.2) is 18.2 Å². The van der Waals surface area contributed by atoms with Crippen LogP contribution in [0.3, 0.4) is 0 Å². The molecular formula is C12H18O2. The fraction of sp³-hybridized carbons (Fsp3) is 0.500. The Morgan fingerprint density at radius 3 is 2.07 bits per heavy atom. The molecule has 1 aromatic rings. The number of hydrogen-bond donors (Lipinski definition) is 2. The van der Waals surface area contributed by atoms with E-state index < -0.39 is 0 Å². The first-order valence-electron chi connectivity index (χ1n) is 5.20. The minimum atomic E-state index is 0.148. The average molecular weight is 194 g/mol. The van der Waals surface area contributed by atoms with E-state index in [4.69, 9.17) is 0 Å². The van der Waals surface area contributed by atoms with Crippen LogP contribution < -0.4 is 0 Å². The lowest BCUT2D eigenvalue weighted by molar-refractivity contribution is 0.446. The Morgan fingerprint density at radius 2 is 1.64 bits per heavy atom. The number of rotatable bonds is 4. The van der Waals surface area contributed by atoms with Crippen LogP contribution in [-0.2, 0) is 0 Å². The fourth-order valence-electron chi connectivity index (χ4n) is 1.81. The Bertz CT molecular complexity index is 274. The normalized spacial score (nSPS) is 12.7. The van der Waals surface area contributed by atoms with Gasteiger partial charge in [-0.2, -0.15) is 0 Å². The number of hydrogen-bond acceptors (Lipinski definition) is 2. The molecule has 0 amide bonds. The molecule has 0 saturated heterocycles. The zero-order valence-electron chi connectivity index (χ0n) is 8.83. The van der Waals surface area contributed by atoms with Crippen LogP contribution in [0.25, 0.3) is 0 Å². The number of aromatic hydroxyl groups is 2. The van der Waals surface area contributed by atoms with Crippen LogP contribution in [0.4, 0.5) is 0 Å². The molecule has 0 aliphatic carbocycles. The zero-order chi connectivity index (χ0) is 10.6. The molecule has 0 spiro atoms. The van der Waals surface area contributed by atoms with Crippen molar-refractivity contribution in [2.45, 2.75) is 39.0 Å². The molecule has 0 aliphatic heterocycles. The van der Waals surface area contributed by atoms with E-state index in [1.54, 1.807) is 12.1 Å². The summed E-state index contributed by atoms with van der Waals surface area (Å²) in [5, 5.41) is 18.7. The highest BCUT2D eigenvalue weighted by molar-refractivity contribution is 5.38. The van der Waals surface area contributed by atoms with Gasteiger partial charge in [0.05, 0.1) is 0 Å². The van der Waals surface area contributed by atoms with Gasteiger partial charge in [-0.25, -0.2) is 0 Å². The van der Waals surface area contributed by atoms with Gasteiger partial charge in [0.25, 0.3) is 0 Å². The summed E-state index contributed by atoms with van der Waals surface area (Å²) < 4.78 is 0. The molecular weight excluding hydrogens is 176 g/mol. The Morgan fingerprint density at radius 1 is 1.07 bits per heavy atom. The molecule has 2 N–H and O–H groups in total. The maximum atomic E-state index is 9.35. The first-order valence-corrected chi connectivity index (χ1v) is 5.20. The van der Waals surface area contributed by atoms with E-state index in [9.17, 15) is 10.2 Å². The first-order chi connectivity index (χ1) is 6.67.